The van der Waals surface area contributed by atoms with Gasteiger partial charge in [-0.25, -0.2) is 0 Å². The van der Waals surface area contributed by atoms with Gasteiger partial charge < -0.3 is 15.3 Å². The number of benzene rings is 1. The van der Waals surface area contributed by atoms with Crippen LogP contribution in [-0.4, -0.2) is 71.5 Å². The highest BCUT2D eigenvalue weighted by Gasteiger charge is 2.34. The number of guanidine groups is 1. The number of amides is 2. The lowest BCUT2D eigenvalue weighted by molar-refractivity contribution is 0.0652. The number of β-amino-alcohol motifs (C(OH)–C–C–N with tert-alkyl or cyclic N) is 1. The van der Waals surface area contributed by atoms with E-state index in [1.165, 1.54) is 4.90 Å². The zero-order valence-corrected chi connectivity index (χ0v) is 15.1. The van der Waals surface area contributed by atoms with E-state index in [1.54, 1.807) is 24.3 Å². The van der Waals surface area contributed by atoms with E-state index in [0.29, 0.717) is 30.8 Å². The maximum atomic E-state index is 12.3. The number of aliphatic imine (C=N–C) groups is 1. The fraction of sp³-hybridized carbons (Fsp3) is 0.526. The highest BCUT2D eigenvalue weighted by atomic mass is 16.3. The Kier molecular flexibility index (Phi) is 5.88. The number of aliphatic hydroxyl groups is 1. The summed E-state index contributed by atoms with van der Waals surface area (Å²) in [5, 5.41) is 12.9. The van der Waals surface area contributed by atoms with Crippen molar-refractivity contribution < 1.29 is 14.7 Å². The molecule has 2 aliphatic heterocycles. The van der Waals surface area contributed by atoms with Crippen molar-refractivity contribution in [2.24, 2.45) is 4.99 Å². The number of imide groups is 1. The highest BCUT2D eigenvalue weighted by Crippen LogP contribution is 2.22. The van der Waals surface area contributed by atoms with Gasteiger partial charge in [-0.2, -0.15) is 0 Å². The molecule has 3 rings (SSSR count). The van der Waals surface area contributed by atoms with E-state index in [0.717, 1.165) is 38.3 Å². The van der Waals surface area contributed by atoms with Crippen molar-refractivity contribution >= 4 is 17.8 Å². The topological polar surface area (TPSA) is 85.2 Å². The smallest absolute Gasteiger partial charge is 0.261 e. The third kappa shape index (κ3) is 3.88. The second-order valence-electron chi connectivity index (χ2n) is 6.64. The molecule has 2 heterocycles. The Labute approximate surface area is 153 Å². The van der Waals surface area contributed by atoms with Gasteiger partial charge in [0.15, 0.2) is 5.96 Å². The van der Waals surface area contributed by atoms with Crippen LogP contribution in [0.15, 0.2) is 29.3 Å². The van der Waals surface area contributed by atoms with Crippen LogP contribution >= 0.6 is 0 Å². The van der Waals surface area contributed by atoms with Gasteiger partial charge in [-0.1, -0.05) is 12.1 Å². The van der Waals surface area contributed by atoms with Gasteiger partial charge in [0, 0.05) is 32.7 Å². The zero-order valence-electron chi connectivity index (χ0n) is 15.1. The van der Waals surface area contributed by atoms with Crippen LogP contribution in [0, 0.1) is 0 Å². The minimum atomic E-state index is -0.285. The fourth-order valence-corrected chi connectivity index (χ4v) is 3.37. The highest BCUT2D eigenvalue weighted by molar-refractivity contribution is 6.21. The molecule has 140 valence electrons. The van der Waals surface area contributed by atoms with E-state index in [9.17, 15) is 14.7 Å². The number of hydrogen-bond acceptors (Lipinski definition) is 4. The van der Waals surface area contributed by atoms with Crippen LogP contribution in [0.5, 0.6) is 0 Å². The van der Waals surface area contributed by atoms with Crippen molar-refractivity contribution in [1.82, 2.24) is 15.1 Å². The molecule has 0 bridgehead atoms. The van der Waals surface area contributed by atoms with Gasteiger partial charge in [-0.05, 0) is 38.3 Å². The maximum absolute atomic E-state index is 12.3. The molecule has 0 unspecified atom stereocenters. The summed E-state index contributed by atoms with van der Waals surface area (Å²) in [6, 6.07) is 6.96. The Morgan fingerprint density at radius 3 is 2.50 bits per heavy atom. The molecule has 26 heavy (non-hydrogen) atoms. The third-order valence-corrected chi connectivity index (χ3v) is 4.73. The lowest BCUT2D eigenvalue weighted by atomic mass is 10.1. The molecule has 1 aromatic carbocycles. The Morgan fingerprint density at radius 1 is 1.23 bits per heavy atom. The summed E-state index contributed by atoms with van der Waals surface area (Å²) in [6.45, 7) is 5.26. The number of hydrogen-bond donors (Lipinski definition) is 2. The molecular formula is C19H26N4O3. The summed E-state index contributed by atoms with van der Waals surface area (Å²) in [4.78, 5) is 32.6. The van der Waals surface area contributed by atoms with E-state index in [2.05, 4.69) is 15.2 Å². The predicted molar refractivity (Wildman–Crippen MR) is 99.2 cm³/mol. The van der Waals surface area contributed by atoms with E-state index < -0.39 is 0 Å². The Balaban J connectivity index is 1.48. The van der Waals surface area contributed by atoms with E-state index in [-0.39, 0.29) is 17.9 Å². The Bertz CT molecular complexity index is 669. The molecule has 1 atom stereocenters. The summed E-state index contributed by atoms with van der Waals surface area (Å²) in [5.41, 5.74) is 0.995. The predicted octanol–water partition coefficient (Wildman–Crippen LogP) is 1.09. The lowest BCUT2D eigenvalue weighted by Crippen LogP contribution is -2.40. The Hall–Kier alpha value is -2.41. The van der Waals surface area contributed by atoms with Gasteiger partial charge in [-0.3, -0.25) is 19.5 Å². The standard InChI is InChI=1S/C19H26N4O3/c1-2-20-19(22-12-9-14(24)13-22)21-10-5-6-11-23-17(25)15-7-3-4-8-16(15)18(23)26/h3-4,7-8,14,24H,2,5-6,9-13H2,1H3,(H,20,21)/t14-/m1/s1. The average molecular weight is 358 g/mol. The number of fused-ring (bicyclic) bond motifs is 1. The van der Waals surface area contributed by atoms with Gasteiger partial charge in [-0.15, -0.1) is 0 Å². The van der Waals surface area contributed by atoms with Crippen molar-refractivity contribution in [1.29, 1.82) is 0 Å². The summed E-state index contributed by atoms with van der Waals surface area (Å²) in [5.74, 6) is 0.423. The first kappa shape index (κ1) is 18.4. The quantitative estimate of drug-likeness (QED) is 0.344. The summed E-state index contributed by atoms with van der Waals surface area (Å²) in [6.07, 6.45) is 1.99. The van der Waals surface area contributed by atoms with Crippen LogP contribution in [0.2, 0.25) is 0 Å². The maximum Gasteiger partial charge on any atom is 0.261 e. The van der Waals surface area contributed by atoms with Crippen LogP contribution in [0.4, 0.5) is 0 Å². The first-order valence-corrected chi connectivity index (χ1v) is 9.28. The van der Waals surface area contributed by atoms with Gasteiger partial charge in [0.25, 0.3) is 11.8 Å². The number of unbranched alkanes of at least 4 members (excludes halogenated alkanes) is 1. The Morgan fingerprint density at radius 2 is 1.92 bits per heavy atom. The lowest BCUT2D eigenvalue weighted by Gasteiger charge is -2.21. The van der Waals surface area contributed by atoms with Crippen LogP contribution in [0.3, 0.4) is 0 Å². The number of aliphatic hydroxyl groups excluding tert-OH is 1. The average Bonchev–Trinajstić information content (AvgIpc) is 3.18. The molecule has 0 spiro atoms. The summed E-state index contributed by atoms with van der Waals surface area (Å²) < 4.78 is 0. The summed E-state index contributed by atoms with van der Waals surface area (Å²) in [7, 11) is 0. The molecule has 2 amide bonds. The van der Waals surface area contributed by atoms with Crippen molar-refractivity contribution in [3.63, 3.8) is 0 Å². The van der Waals surface area contributed by atoms with Gasteiger partial charge in [0.05, 0.1) is 17.2 Å². The van der Waals surface area contributed by atoms with E-state index in [1.807, 2.05) is 6.92 Å². The molecule has 0 saturated carbocycles. The third-order valence-electron chi connectivity index (χ3n) is 4.73. The molecule has 0 aromatic heterocycles. The van der Waals surface area contributed by atoms with Gasteiger partial charge in [0.1, 0.15) is 0 Å². The van der Waals surface area contributed by atoms with E-state index >= 15 is 0 Å². The normalized spacial score (nSPS) is 20.1. The zero-order chi connectivity index (χ0) is 18.5. The van der Waals surface area contributed by atoms with E-state index in [4.69, 9.17) is 0 Å². The van der Waals surface area contributed by atoms with Gasteiger partial charge >= 0.3 is 0 Å². The number of nitrogens with one attached hydrogen (secondary N) is 1. The molecule has 2 aliphatic rings. The van der Waals surface area contributed by atoms with Crippen molar-refractivity contribution in [3.05, 3.63) is 35.4 Å². The molecule has 1 fully saturated rings. The molecule has 1 saturated heterocycles. The minimum Gasteiger partial charge on any atom is -0.391 e. The molecular weight excluding hydrogens is 332 g/mol. The number of carbonyl (C=O) groups is 2. The molecule has 7 nitrogen and oxygen atoms in total. The van der Waals surface area contributed by atoms with Crippen molar-refractivity contribution in [3.8, 4) is 0 Å². The van der Waals surface area contributed by atoms with Crippen LogP contribution in [0.1, 0.15) is 46.9 Å². The minimum absolute atomic E-state index is 0.200. The second-order valence-corrected chi connectivity index (χ2v) is 6.64. The first-order valence-electron chi connectivity index (χ1n) is 9.28. The van der Waals surface area contributed by atoms with Crippen molar-refractivity contribution in [2.75, 3.05) is 32.7 Å². The number of carbonyl (C=O) groups excluding carboxylic acids is 2. The second kappa shape index (κ2) is 8.31. The van der Waals surface area contributed by atoms with Crippen LogP contribution < -0.4 is 5.32 Å². The largest absolute Gasteiger partial charge is 0.391 e. The number of rotatable bonds is 6. The molecule has 0 aliphatic carbocycles. The van der Waals surface area contributed by atoms with Crippen molar-refractivity contribution in [2.45, 2.75) is 32.3 Å². The fourth-order valence-electron chi connectivity index (χ4n) is 3.37. The molecule has 0 radical (unpaired) electrons. The van der Waals surface area contributed by atoms with Crippen LogP contribution in [-0.2, 0) is 0 Å². The molecule has 2 N–H and O–H groups in total. The molecule has 1 aromatic rings. The van der Waals surface area contributed by atoms with Crippen LogP contribution in [0.25, 0.3) is 0 Å². The summed E-state index contributed by atoms with van der Waals surface area (Å²) >= 11 is 0. The van der Waals surface area contributed by atoms with Gasteiger partial charge in [0.2, 0.25) is 0 Å². The SMILES string of the molecule is CCNC(=NCCCCN1C(=O)c2ccccc2C1=O)N1CC[C@@H](O)C1. The monoisotopic (exact) mass is 358 g/mol. The number of likely N-dealkylation sites (tertiary alicyclic amines) is 1. The molecule has 7 heteroatoms. The number of nitrogens with zero attached hydrogens (tertiary/aromatic N) is 3. The first-order chi connectivity index (χ1) is 12.6.